The Labute approximate surface area is 158 Å². The van der Waals surface area contributed by atoms with E-state index in [0.717, 1.165) is 32.9 Å². The molecule has 0 fully saturated rings. The summed E-state index contributed by atoms with van der Waals surface area (Å²) < 4.78 is 2.69. The Kier molecular flexibility index (Phi) is 4.34. The molecule has 128 valence electrons. The Morgan fingerprint density at radius 3 is 2.88 bits per heavy atom. The number of benzene rings is 2. The van der Waals surface area contributed by atoms with Crippen LogP contribution in [-0.4, -0.2) is 14.5 Å². The number of hydrogen-bond acceptors (Lipinski definition) is 4. The number of thiazole rings is 1. The largest absolute Gasteiger partial charge is 0.299 e. The monoisotopic (exact) mass is 380 g/mol. The van der Waals surface area contributed by atoms with Gasteiger partial charge in [-0.25, -0.2) is 9.97 Å². The molecule has 2 aromatic carbocycles. The van der Waals surface area contributed by atoms with Crippen molar-refractivity contribution in [2.24, 2.45) is 5.11 Å². The standard InChI is InChI=1S/C18H13ClN6S/c1-11(23-24-20)12-5-6-16-15(8-12)22-10-25(16)14-4-2-3-13(7-14)18-21-9-17(19)26-18/h2-11H,1H3. The van der Waals surface area contributed by atoms with Crippen LogP contribution in [0.3, 0.4) is 0 Å². The summed E-state index contributed by atoms with van der Waals surface area (Å²) >= 11 is 7.45. The molecule has 0 aliphatic rings. The van der Waals surface area contributed by atoms with Crippen LogP contribution in [0.5, 0.6) is 0 Å². The zero-order valence-corrected chi connectivity index (χ0v) is 15.3. The molecule has 26 heavy (non-hydrogen) atoms. The highest BCUT2D eigenvalue weighted by Gasteiger charge is 2.10. The van der Waals surface area contributed by atoms with Gasteiger partial charge in [-0.1, -0.05) is 41.8 Å². The van der Waals surface area contributed by atoms with E-state index in [-0.39, 0.29) is 6.04 Å². The molecule has 2 heterocycles. The highest BCUT2D eigenvalue weighted by molar-refractivity contribution is 7.18. The summed E-state index contributed by atoms with van der Waals surface area (Å²) in [5.41, 5.74) is 13.4. The molecule has 4 rings (SSSR count). The first-order valence-electron chi connectivity index (χ1n) is 7.89. The maximum atomic E-state index is 8.61. The van der Waals surface area contributed by atoms with Crippen molar-refractivity contribution in [1.82, 2.24) is 14.5 Å². The van der Waals surface area contributed by atoms with Crippen LogP contribution in [0.4, 0.5) is 0 Å². The number of imidazole rings is 1. The lowest BCUT2D eigenvalue weighted by molar-refractivity contribution is 0.809. The van der Waals surface area contributed by atoms with Gasteiger partial charge >= 0.3 is 0 Å². The first kappa shape index (κ1) is 16.6. The van der Waals surface area contributed by atoms with Crippen LogP contribution in [0.2, 0.25) is 4.34 Å². The number of rotatable bonds is 4. The van der Waals surface area contributed by atoms with E-state index in [1.165, 1.54) is 11.3 Å². The van der Waals surface area contributed by atoms with E-state index in [1.807, 2.05) is 47.9 Å². The number of nitrogens with zero attached hydrogens (tertiary/aromatic N) is 6. The zero-order chi connectivity index (χ0) is 18.1. The minimum absolute atomic E-state index is 0.229. The van der Waals surface area contributed by atoms with Gasteiger partial charge < -0.3 is 0 Å². The average molecular weight is 381 g/mol. The number of fused-ring (bicyclic) bond motifs is 1. The molecule has 4 aromatic rings. The molecular weight excluding hydrogens is 368 g/mol. The van der Waals surface area contributed by atoms with Crippen molar-refractivity contribution in [2.45, 2.75) is 13.0 Å². The molecule has 0 bridgehead atoms. The Morgan fingerprint density at radius 1 is 1.23 bits per heavy atom. The molecule has 0 radical (unpaired) electrons. The summed E-state index contributed by atoms with van der Waals surface area (Å²) in [6.07, 6.45) is 3.45. The second-order valence-corrected chi connectivity index (χ2v) is 7.43. The van der Waals surface area contributed by atoms with E-state index >= 15 is 0 Å². The Bertz CT molecular complexity index is 1140. The third-order valence-corrected chi connectivity index (χ3v) is 5.29. The average Bonchev–Trinajstić information content (AvgIpc) is 3.27. The summed E-state index contributed by atoms with van der Waals surface area (Å²) in [4.78, 5) is 11.7. The van der Waals surface area contributed by atoms with Gasteiger partial charge in [-0.3, -0.25) is 4.57 Å². The fourth-order valence-electron chi connectivity index (χ4n) is 2.82. The normalized spacial score (nSPS) is 12.1. The van der Waals surface area contributed by atoms with Gasteiger partial charge in [0.05, 0.1) is 23.3 Å². The highest BCUT2D eigenvalue weighted by atomic mass is 35.5. The van der Waals surface area contributed by atoms with Crippen LogP contribution in [0.15, 0.2) is 60.1 Å². The van der Waals surface area contributed by atoms with E-state index in [2.05, 4.69) is 26.1 Å². The number of halogens is 1. The summed E-state index contributed by atoms with van der Waals surface area (Å²) in [7, 11) is 0. The third-order valence-electron chi connectivity index (χ3n) is 4.13. The Balaban J connectivity index is 1.76. The van der Waals surface area contributed by atoms with Crippen LogP contribution >= 0.6 is 22.9 Å². The first-order valence-corrected chi connectivity index (χ1v) is 9.08. The van der Waals surface area contributed by atoms with Gasteiger partial charge in [-0.2, -0.15) is 0 Å². The molecule has 0 spiro atoms. The van der Waals surface area contributed by atoms with Gasteiger partial charge in [-0.15, -0.1) is 11.3 Å². The van der Waals surface area contributed by atoms with Crippen LogP contribution < -0.4 is 0 Å². The van der Waals surface area contributed by atoms with Crippen molar-refractivity contribution in [3.63, 3.8) is 0 Å². The summed E-state index contributed by atoms with van der Waals surface area (Å²) in [5.74, 6) is 0. The second kappa shape index (κ2) is 6.80. The number of aromatic nitrogens is 3. The Hall–Kier alpha value is -2.86. The zero-order valence-electron chi connectivity index (χ0n) is 13.7. The van der Waals surface area contributed by atoms with Gasteiger partial charge in [0.1, 0.15) is 15.7 Å². The lowest BCUT2D eigenvalue weighted by Crippen LogP contribution is -1.93. The smallest absolute Gasteiger partial charge is 0.124 e. The quantitative estimate of drug-likeness (QED) is 0.241. The number of hydrogen-bond donors (Lipinski definition) is 0. The van der Waals surface area contributed by atoms with Crippen molar-refractivity contribution in [3.05, 3.63) is 75.3 Å². The van der Waals surface area contributed by atoms with Crippen molar-refractivity contribution in [2.75, 3.05) is 0 Å². The first-order chi connectivity index (χ1) is 12.7. The lowest BCUT2D eigenvalue weighted by Gasteiger charge is -2.08. The SMILES string of the molecule is CC(N=[N+]=[N-])c1ccc2c(c1)ncn2-c1cccc(-c2ncc(Cl)s2)c1. The highest BCUT2D eigenvalue weighted by Crippen LogP contribution is 2.30. The number of azide groups is 1. The van der Waals surface area contributed by atoms with Gasteiger partial charge in [-0.05, 0) is 35.4 Å². The molecule has 1 unspecified atom stereocenters. The second-order valence-electron chi connectivity index (χ2n) is 5.76. The van der Waals surface area contributed by atoms with E-state index in [4.69, 9.17) is 17.1 Å². The van der Waals surface area contributed by atoms with Crippen molar-refractivity contribution in [3.8, 4) is 16.3 Å². The molecule has 0 amide bonds. The summed E-state index contributed by atoms with van der Waals surface area (Å²) in [6.45, 7) is 1.86. The fraction of sp³-hybridized carbons (Fsp3) is 0.111. The molecule has 0 aliphatic carbocycles. The molecule has 6 nitrogen and oxygen atoms in total. The van der Waals surface area contributed by atoms with Gasteiger partial charge in [0.25, 0.3) is 0 Å². The maximum absolute atomic E-state index is 8.61. The molecule has 0 saturated heterocycles. The van der Waals surface area contributed by atoms with Crippen molar-refractivity contribution >= 4 is 34.0 Å². The van der Waals surface area contributed by atoms with Gasteiger partial charge in [0.2, 0.25) is 0 Å². The van der Waals surface area contributed by atoms with Crippen molar-refractivity contribution in [1.29, 1.82) is 0 Å². The van der Waals surface area contributed by atoms with Crippen LogP contribution in [0, 0.1) is 0 Å². The minimum Gasteiger partial charge on any atom is -0.299 e. The predicted octanol–water partition coefficient (Wildman–Crippen LogP) is 6.17. The van der Waals surface area contributed by atoms with Crippen LogP contribution in [0.25, 0.3) is 37.7 Å². The summed E-state index contributed by atoms with van der Waals surface area (Å²) in [5, 5.41) is 4.62. The van der Waals surface area contributed by atoms with E-state index in [1.54, 1.807) is 12.5 Å². The van der Waals surface area contributed by atoms with E-state index < -0.39 is 0 Å². The lowest BCUT2D eigenvalue weighted by atomic mass is 10.1. The summed E-state index contributed by atoms with van der Waals surface area (Å²) in [6, 6.07) is 13.8. The Morgan fingerprint density at radius 2 is 2.12 bits per heavy atom. The predicted molar refractivity (Wildman–Crippen MR) is 105 cm³/mol. The van der Waals surface area contributed by atoms with Crippen LogP contribution in [0.1, 0.15) is 18.5 Å². The van der Waals surface area contributed by atoms with Gasteiger partial charge in [0.15, 0.2) is 0 Å². The van der Waals surface area contributed by atoms with E-state index in [9.17, 15) is 0 Å². The molecule has 0 aliphatic heterocycles. The molecule has 0 saturated carbocycles. The topological polar surface area (TPSA) is 79.5 Å². The van der Waals surface area contributed by atoms with E-state index in [0.29, 0.717) is 4.34 Å². The molecule has 2 aromatic heterocycles. The van der Waals surface area contributed by atoms with Crippen LogP contribution in [-0.2, 0) is 0 Å². The molecular formula is C18H13ClN6S. The minimum atomic E-state index is -0.229. The third kappa shape index (κ3) is 3.04. The molecule has 1 atom stereocenters. The molecule has 0 N–H and O–H groups in total. The van der Waals surface area contributed by atoms with Crippen molar-refractivity contribution < 1.29 is 0 Å². The molecule has 8 heteroatoms. The van der Waals surface area contributed by atoms with Gasteiger partial charge in [0, 0.05) is 16.2 Å². The fourth-order valence-corrected chi connectivity index (χ4v) is 3.72. The maximum Gasteiger partial charge on any atom is 0.124 e.